The molecule has 1 aromatic rings. The normalized spacial score (nSPS) is 17.0. The molecule has 7 heteroatoms. The molecule has 0 atom stereocenters. The van der Waals surface area contributed by atoms with Crippen LogP contribution in [0.3, 0.4) is 0 Å². The topological polar surface area (TPSA) is 89.9 Å². The molecule has 1 fully saturated rings. The molecular weight excluding hydrogens is 292 g/mol. The number of rotatable bonds is 3. The number of hydrogen-bond donors (Lipinski definition) is 3. The number of aromatic hydroxyl groups is 2. The molecule has 21 heavy (non-hydrogen) atoms. The molecule has 2 rings (SSSR count). The molecule has 3 N–H and O–H groups in total. The van der Waals surface area contributed by atoms with Crippen LogP contribution in [0.15, 0.2) is 36.4 Å². The summed E-state index contributed by atoms with van der Waals surface area (Å²) >= 11 is 4.93. The van der Waals surface area contributed by atoms with Crippen LogP contribution in [0.4, 0.5) is 0 Å². The van der Waals surface area contributed by atoms with E-state index in [-0.39, 0.29) is 28.7 Å². The maximum atomic E-state index is 12.2. The average Bonchev–Trinajstić information content (AvgIpc) is 2.43. The van der Waals surface area contributed by atoms with Gasteiger partial charge >= 0.3 is 0 Å². The molecular formula is C14H12N2O4S. The minimum atomic E-state index is -0.613. The SMILES string of the molecule is C=CCN1C(=O)C(=Cc2ccc(O)c(O)c2)C(=O)NC1=S. The zero-order valence-corrected chi connectivity index (χ0v) is 11.7. The summed E-state index contributed by atoms with van der Waals surface area (Å²) in [6, 6.07) is 3.97. The summed E-state index contributed by atoms with van der Waals surface area (Å²) in [5.74, 6) is -1.79. The average molecular weight is 304 g/mol. The van der Waals surface area contributed by atoms with Gasteiger partial charge in [-0.25, -0.2) is 0 Å². The number of nitrogens with zero attached hydrogens (tertiary/aromatic N) is 1. The largest absolute Gasteiger partial charge is 0.504 e. The van der Waals surface area contributed by atoms with Crippen LogP contribution in [0.5, 0.6) is 11.5 Å². The van der Waals surface area contributed by atoms with Gasteiger partial charge in [0.1, 0.15) is 5.57 Å². The number of thiocarbonyl (C=S) groups is 1. The van der Waals surface area contributed by atoms with Gasteiger partial charge < -0.3 is 10.2 Å². The van der Waals surface area contributed by atoms with Crippen LogP contribution in [0.1, 0.15) is 5.56 Å². The molecule has 0 radical (unpaired) electrons. The molecule has 0 saturated carbocycles. The third kappa shape index (κ3) is 2.92. The predicted molar refractivity (Wildman–Crippen MR) is 80.4 cm³/mol. The van der Waals surface area contributed by atoms with E-state index in [0.717, 1.165) is 0 Å². The lowest BCUT2D eigenvalue weighted by molar-refractivity contribution is -0.128. The van der Waals surface area contributed by atoms with Crippen molar-refractivity contribution >= 4 is 35.2 Å². The number of hydrogen-bond acceptors (Lipinski definition) is 5. The summed E-state index contributed by atoms with van der Waals surface area (Å²) < 4.78 is 0. The number of phenolic OH excluding ortho intramolecular Hbond substituents is 2. The first-order valence-electron chi connectivity index (χ1n) is 5.95. The van der Waals surface area contributed by atoms with E-state index < -0.39 is 11.8 Å². The molecule has 1 aromatic carbocycles. The Kier molecular flexibility index (Phi) is 4.04. The van der Waals surface area contributed by atoms with Crippen molar-refractivity contribution in [3.8, 4) is 11.5 Å². The highest BCUT2D eigenvalue weighted by Gasteiger charge is 2.32. The van der Waals surface area contributed by atoms with E-state index in [9.17, 15) is 19.8 Å². The first kappa shape index (κ1) is 14.7. The Morgan fingerprint density at radius 2 is 2.00 bits per heavy atom. The lowest BCUT2D eigenvalue weighted by Crippen LogP contribution is -2.53. The van der Waals surface area contributed by atoms with E-state index in [1.54, 1.807) is 0 Å². The summed E-state index contributed by atoms with van der Waals surface area (Å²) in [6.07, 6.45) is 2.81. The van der Waals surface area contributed by atoms with Gasteiger partial charge in [-0.05, 0) is 36.0 Å². The van der Waals surface area contributed by atoms with Crippen molar-refractivity contribution in [2.45, 2.75) is 0 Å². The molecule has 108 valence electrons. The molecule has 0 bridgehead atoms. The van der Waals surface area contributed by atoms with Gasteiger partial charge in [0, 0.05) is 6.54 Å². The summed E-state index contributed by atoms with van der Waals surface area (Å²) in [6.45, 7) is 3.70. The van der Waals surface area contributed by atoms with Gasteiger partial charge in [0.15, 0.2) is 16.6 Å². The smallest absolute Gasteiger partial charge is 0.265 e. The van der Waals surface area contributed by atoms with E-state index in [0.29, 0.717) is 5.56 Å². The van der Waals surface area contributed by atoms with Crippen molar-refractivity contribution < 1.29 is 19.8 Å². The van der Waals surface area contributed by atoms with Crippen molar-refractivity contribution in [3.05, 3.63) is 42.0 Å². The van der Waals surface area contributed by atoms with Crippen LogP contribution in [-0.2, 0) is 9.59 Å². The van der Waals surface area contributed by atoms with Crippen LogP contribution in [0, 0.1) is 0 Å². The Labute approximate surface area is 126 Å². The van der Waals surface area contributed by atoms with E-state index in [2.05, 4.69) is 11.9 Å². The van der Waals surface area contributed by atoms with E-state index in [4.69, 9.17) is 12.2 Å². The first-order valence-corrected chi connectivity index (χ1v) is 6.36. The van der Waals surface area contributed by atoms with Crippen molar-refractivity contribution in [2.75, 3.05) is 6.54 Å². The summed E-state index contributed by atoms with van der Waals surface area (Å²) in [4.78, 5) is 25.3. The molecule has 1 saturated heterocycles. The zero-order valence-electron chi connectivity index (χ0n) is 10.9. The summed E-state index contributed by atoms with van der Waals surface area (Å²) in [5.41, 5.74) is 0.283. The molecule has 6 nitrogen and oxygen atoms in total. The van der Waals surface area contributed by atoms with Gasteiger partial charge in [0.25, 0.3) is 11.8 Å². The molecule has 1 heterocycles. The molecule has 1 aliphatic rings. The van der Waals surface area contributed by atoms with Crippen LogP contribution in [0.2, 0.25) is 0 Å². The van der Waals surface area contributed by atoms with Gasteiger partial charge in [-0.1, -0.05) is 12.1 Å². The number of carbonyl (C=O) groups is 2. The standard InChI is InChI=1S/C14H12N2O4S/c1-2-5-16-13(20)9(12(19)15-14(16)21)6-8-3-4-10(17)11(18)7-8/h2-4,6-7,17-18H,1,5H2,(H,15,19,21). The summed E-state index contributed by atoms with van der Waals surface area (Å²) in [7, 11) is 0. The fraction of sp³-hybridized carbons (Fsp3) is 0.0714. The maximum Gasteiger partial charge on any atom is 0.265 e. The third-order valence-corrected chi connectivity index (χ3v) is 3.13. The van der Waals surface area contributed by atoms with Gasteiger partial charge in [0.2, 0.25) is 0 Å². The second kappa shape index (κ2) is 5.76. The van der Waals surface area contributed by atoms with Crippen molar-refractivity contribution in [3.63, 3.8) is 0 Å². The molecule has 2 amide bonds. The molecule has 0 aliphatic carbocycles. The number of amides is 2. The van der Waals surface area contributed by atoms with Crippen molar-refractivity contribution in [2.24, 2.45) is 0 Å². The van der Waals surface area contributed by atoms with Gasteiger partial charge in [-0.3, -0.25) is 19.8 Å². The number of benzene rings is 1. The Balaban J connectivity index is 2.40. The highest BCUT2D eigenvalue weighted by molar-refractivity contribution is 7.80. The fourth-order valence-corrected chi connectivity index (χ4v) is 2.04. The number of nitrogens with one attached hydrogen (secondary N) is 1. The lowest BCUT2D eigenvalue weighted by atomic mass is 10.1. The second-order valence-corrected chi connectivity index (χ2v) is 4.66. The van der Waals surface area contributed by atoms with Gasteiger partial charge in [0.05, 0.1) is 0 Å². The second-order valence-electron chi connectivity index (χ2n) is 4.27. The maximum absolute atomic E-state index is 12.2. The Morgan fingerprint density at radius 3 is 2.62 bits per heavy atom. The number of phenols is 2. The Morgan fingerprint density at radius 1 is 1.29 bits per heavy atom. The number of carbonyl (C=O) groups excluding carboxylic acids is 2. The first-order chi connectivity index (χ1) is 9.93. The zero-order chi connectivity index (χ0) is 15.6. The molecule has 0 aromatic heterocycles. The van der Waals surface area contributed by atoms with Gasteiger partial charge in [-0.2, -0.15) is 0 Å². The van der Waals surface area contributed by atoms with Crippen LogP contribution in [-0.4, -0.2) is 38.6 Å². The van der Waals surface area contributed by atoms with E-state index in [1.165, 1.54) is 35.3 Å². The molecule has 0 unspecified atom stereocenters. The van der Waals surface area contributed by atoms with Crippen molar-refractivity contribution in [1.29, 1.82) is 0 Å². The van der Waals surface area contributed by atoms with E-state index >= 15 is 0 Å². The Hall–Kier alpha value is -2.67. The van der Waals surface area contributed by atoms with Crippen LogP contribution >= 0.6 is 12.2 Å². The summed E-state index contributed by atoms with van der Waals surface area (Å²) in [5, 5.41) is 21.1. The minimum absolute atomic E-state index is 0.0237. The lowest BCUT2D eigenvalue weighted by Gasteiger charge is -2.27. The highest BCUT2D eigenvalue weighted by Crippen LogP contribution is 2.26. The molecule has 0 spiro atoms. The Bertz CT molecular complexity index is 682. The van der Waals surface area contributed by atoms with Gasteiger partial charge in [-0.15, -0.1) is 6.58 Å². The molecule has 1 aliphatic heterocycles. The third-order valence-electron chi connectivity index (χ3n) is 2.81. The van der Waals surface area contributed by atoms with Crippen LogP contribution in [0.25, 0.3) is 6.08 Å². The monoisotopic (exact) mass is 304 g/mol. The predicted octanol–water partition coefficient (Wildman–Crippen LogP) is 0.910. The highest BCUT2D eigenvalue weighted by atomic mass is 32.1. The fourth-order valence-electron chi connectivity index (χ4n) is 1.79. The van der Waals surface area contributed by atoms with Crippen LogP contribution < -0.4 is 5.32 Å². The van der Waals surface area contributed by atoms with E-state index in [1.807, 2.05) is 0 Å². The quantitative estimate of drug-likeness (QED) is 0.254. The van der Waals surface area contributed by atoms with Crippen molar-refractivity contribution in [1.82, 2.24) is 10.2 Å². The minimum Gasteiger partial charge on any atom is -0.504 e.